The van der Waals surface area contributed by atoms with Crippen LogP contribution in [0.4, 0.5) is 68.2 Å². The summed E-state index contributed by atoms with van der Waals surface area (Å²) in [5.74, 6) is 0. The van der Waals surface area contributed by atoms with Crippen molar-refractivity contribution in [2.75, 3.05) is 19.6 Å². The molecule has 0 amide bonds. The zero-order valence-corrected chi connectivity index (χ0v) is 54.2. The lowest BCUT2D eigenvalue weighted by Gasteiger charge is -2.32. The molecule has 17 aromatic rings. The molecule has 0 N–H and O–H groups in total. The number of pyridine rings is 1. The second-order valence-corrected chi connectivity index (χ2v) is 25.3. The minimum Gasteiger partial charge on any atom is -0.310 e. The van der Waals surface area contributed by atoms with E-state index in [1.54, 1.807) is 0 Å². The van der Waals surface area contributed by atoms with E-state index in [-0.39, 0.29) is 0 Å². The fourth-order valence-corrected chi connectivity index (χ4v) is 14.9. The number of aryl methyl sites for hydroxylation is 2. The normalized spacial score (nSPS) is 11.5. The van der Waals surface area contributed by atoms with Crippen molar-refractivity contribution in [1.29, 1.82) is 0 Å². The van der Waals surface area contributed by atoms with E-state index in [1.807, 2.05) is 0 Å². The molecule has 0 atom stereocenters. The van der Waals surface area contributed by atoms with E-state index >= 15 is 0 Å². The van der Waals surface area contributed by atoms with Gasteiger partial charge in [-0.3, -0.25) is 4.98 Å². The molecule has 0 fully saturated rings. The Labute approximate surface area is 565 Å². The SMILES string of the molecule is Cc1nc(C)c(-c2cc(N(c3ccccc3)c3cccc4ccccc34)cc(N(c3ccccc3)c3cccc4ccccc34)c2)c(C)c1-c1cc(N(c2ccc3ccccc3c2)c2ccc3ccccc3c2)cc(N(c2ccc3ccccc3c2)c2ccc3ccccc3c2)c1. The van der Waals surface area contributed by atoms with E-state index in [1.165, 1.54) is 32.3 Å². The summed E-state index contributed by atoms with van der Waals surface area (Å²) in [5.41, 5.74) is 19.6. The second kappa shape index (κ2) is 24.7. The summed E-state index contributed by atoms with van der Waals surface area (Å²) in [6, 6.07) is 129. The summed E-state index contributed by atoms with van der Waals surface area (Å²) in [4.78, 5) is 15.5. The molecular weight excluding hydrogens is 1180 g/mol. The zero-order chi connectivity index (χ0) is 64.9. The number of nitrogens with zero attached hydrogens (tertiary/aromatic N) is 5. The van der Waals surface area contributed by atoms with Crippen molar-refractivity contribution in [3.8, 4) is 22.3 Å². The van der Waals surface area contributed by atoms with Gasteiger partial charge in [-0.15, -0.1) is 0 Å². The van der Waals surface area contributed by atoms with Crippen molar-refractivity contribution in [3.05, 3.63) is 369 Å². The van der Waals surface area contributed by atoms with Crippen molar-refractivity contribution >= 4 is 133 Å². The molecule has 1 heterocycles. The number of fused-ring (bicyclic) bond motifs is 6. The summed E-state index contributed by atoms with van der Waals surface area (Å²) in [7, 11) is 0. The topological polar surface area (TPSA) is 25.9 Å². The largest absolute Gasteiger partial charge is 0.310 e. The molecule has 0 radical (unpaired) electrons. The summed E-state index contributed by atoms with van der Waals surface area (Å²) in [6.07, 6.45) is 0. The minimum absolute atomic E-state index is 0.937. The highest BCUT2D eigenvalue weighted by molar-refractivity contribution is 6.04. The lowest BCUT2D eigenvalue weighted by atomic mass is 9.89. The predicted molar refractivity (Wildman–Crippen MR) is 413 cm³/mol. The third-order valence-electron chi connectivity index (χ3n) is 19.2. The van der Waals surface area contributed by atoms with Crippen LogP contribution in [-0.2, 0) is 0 Å². The third kappa shape index (κ3) is 10.9. The molecule has 1 aromatic heterocycles. The molecular formula is C92H67N5. The van der Waals surface area contributed by atoms with Crippen LogP contribution in [0.2, 0.25) is 0 Å². The quantitative estimate of drug-likeness (QED) is 0.108. The fraction of sp³-hybridized carbons (Fsp3) is 0.0326. The van der Waals surface area contributed by atoms with Gasteiger partial charge in [-0.2, -0.15) is 0 Å². The van der Waals surface area contributed by atoms with Crippen molar-refractivity contribution < 1.29 is 0 Å². The van der Waals surface area contributed by atoms with Crippen LogP contribution in [-0.4, -0.2) is 4.98 Å². The predicted octanol–water partition coefficient (Wildman–Crippen LogP) is 26.1. The van der Waals surface area contributed by atoms with Gasteiger partial charge in [0.05, 0.1) is 11.4 Å². The average molecular weight is 1240 g/mol. The standard InChI is InChI=1S/C92H67N5/c1-62-91(63(2)93-64(3)92(62)76-58-85(96(77-36-6-4-7-37-77)89-42-22-34-69-28-18-20-40-87(69)89)61-86(59-76)97(78-38-8-5-9-39-78)90-43-23-35-70-29-19-21-41-88(70)90)75-56-83(94(79-48-44-65-24-10-14-30-71(65)52-79)80-49-45-66-25-11-15-31-72(66)53-80)60-84(57-75)95(81-50-46-67-26-12-16-32-73(67)54-81)82-51-47-68-27-13-17-33-74(68)55-82/h4-61H,1-3H3. The van der Waals surface area contributed by atoms with E-state index in [4.69, 9.17) is 4.98 Å². The van der Waals surface area contributed by atoms with Gasteiger partial charge in [0.1, 0.15) is 0 Å². The number of hydrogen-bond acceptors (Lipinski definition) is 5. The number of aromatic nitrogens is 1. The van der Waals surface area contributed by atoms with Gasteiger partial charge in [0.2, 0.25) is 0 Å². The fourth-order valence-electron chi connectivity index (χ4n) is 14.9. The van der Waals surface area contributed by atoms with Crippen molar-refractivity contribution in [1.82, 2.24) is 4.98 Å². The van der Waals surface area contributed by atoms with Gasteiger partial charge < -0.3 is 19.6 Å². The van der Waals surface area contributed by atoms with Crippen molar-refractivity contribution in [3.63, 3.8) is 0 Å². The van der Waals surface area contributed by atoms with E-state index in [9.17, 15) is 0 Å². The molecule has 0 unspecified atom stereocenters. The van der Waals surface area contributed by atoms with Gasteiger partial charge in [-0.05, 0) is 213 Å². The lowest BCUT2D eigenvalue weighted by Crippen LogP contribution is -2.14. The minimum atomic E-state index is 0.937. The summed E-state index contributed by atoms with van der Waals surface area (Å²) >= 11 is 0. The molecule has 17 rings (SSSR count). The Bertz CT molecular complexity index is 5370. The Kier molecular flexibility index (Phi) is 14.8. The smallest absolute Gasteiger partial charge is 0.0540 e. The number of anilines is 12. The first-order valence-corrected chi connectivity index (χ1v) is 33.3. The third-order valence-corrected chi connectivity index (χ3v) is 19.2. The molecule has 0 saturated carbocycles. The van der Waals surface area contributed by atoms with Crippen LogP contribution in [0.25, 0.3) is 86.9 Å². The van der Waals surface area contributed by atoms with E-state index < -0.39 is 0 Å². The molecule has 0 spiro atoms. The van der Waals surface area contributed by atoms with Gasteiger partial charge in [-0.25, -0.2) is 0 Å². The number of hydrogen-bond donors (Lipinski definition) is 0. The maximum Gasteiger partial charge on any atom is 0.0540 e. The van der Waals surface area contributed by atoms with Crippen LogP contribution >= 0.6 is 0 Å². The molecule has 97 heavy (non-hydrogen) atoms. The van der Waals surface area contributed by atoms with Crippen LogP contribution < -0.4 is 19.6 Å². The Morgan fingerprint density at radius 1 is 0.196 bits per heavy atom. The van der Waals surface area contributed by atoms with Gasteiger partial charge in [0, 0.05) is 90.2 Å². The molecule has 0 aliphatic heterocycles. The molecule has 5 heteroatoms. The lowest BCUT2D eigenvalue weighted by molar-refractivity contribution is 1.11. The zero-order valence-electron chi connectivity index (χ0n) is 54.2. The highest BCUT2D eigenvalue weighted by atomic mass is 15.2. The average Bonchev–Trinajstić information content (AvgIpc) is 0.767. The van der Waals surface area contributed by atoms with E-state index in [0.717, 1.165) is 140 Å². The molecule has 16 aromatic carbocycles. The van der Waals surface area contributed by atoms with Crippen molar-refractivity contribution in [2.45, 2.75) is 20.8 Å². The summed E-state index contributed by atoms with van der Waals surface area (Å²) in [5, 5.41) is 14.0. The van der Waals surface area contributed by atoms with Crippen LogP contribution in [0, 0.1) is 20.8 Å². The Balaban J connectivity index is 0.954. The maximum absolute atomic E-state index is 5.71. The number of para-hydroxylation sites is 2. The van der Waals surface area contributed by atoms with Crippen molar-refractivity contribution in [2.24, 2.45) is 0 Å². The molecule has 5 nitrogen and oxygen atoms in total. The highest BCUT2D eigenvalue weighted by Crippen LogP contribution is 2.50. The van der Waals surface area contributed by atoms with E-state index in [2.05, 4.69) is 392 Å². The Hall–Kier alpha value is -12.6. The number of benzene rings is 16. The first-order valence-electron chi connectivity index (χ1n) is 33.3. The van der Waals surface area contributed by atoms with Crippen LogP contribution in [0.1, 0.15) is 17.0 Å². The monoisotopic (exact) mass is 1240 g/mol. The molecule has 0 bridgehead atoms. The maximum atomic E-state index is 5.71. The van der Waals surface area contributed by atoms with Gasteiger partial charge >= 0.3 is 0 Å². The Morgan fingerprint density at radius 3 is 0.814 bits per heavy atom. The first-order chi connectivity index (χ1) is 47.8. The van der Waals surface area contributed by atoms with Crippen LogP contribution in [0.3, 0.4) is 0 Å². The van der Waals surface area contributed by atoms with E-state index in [0.29, 0.717) is 0 Å². The van der Waals surface area contributed by atoms with Gasteiger partial charge in [0.25, 0.3) is 0 Å². The van der Waals surface area contributed by atoms with Gasteiger partial charge in [-0.1, -0.05) is 231 Å². The highest BCUT2D eigenvalue weighted by Gasteiger charge is 2.27. The second-order valence-electron chi connectivity index (χ2n) is 25.3. The summed E-state index contributed by atoms with van der Waals surface area (Å²) < 4.78 is 0. The Morgan fingerprint density at radius 2 is 0.474 bits per heavy atom. The molecule has 0 aliphatic carbocycles. The molecule has 0 aliphatic rings. The summed E-state index contributed by atoms with van der Waals surface area (Å²) in [6.45, 7) is 6.70. The molecule has 0 saturated heterocycles. The number of rotatable bonds is 14. The van der Waals surface area contributed by atoms with Gasteiger partial charge in [0.15, 0.2) is 0 Å². The van der Waals surface area contributed by atoms with Crippen LogP contribution in [0.15, 0.2) is 352 Å². The molecule has 460 valence electrons. The van der Waals surface area contributed by atoms with Crippen LogP contribution in [0.5, 0.6) is 0 Å². The first kappa shape index (κ1) is 58.3.